The van der Waals surface area contributed by atoms with Gasteiger partial charge in [0, 0.05) is 31.3 Å². The Morgan fingerprint density at radius 1 is 1.46 bits per heavy atom. The number of carbonyl (C=O) groups excluding carboxylic acids is 1. The lowest BCUT2D eigenvalue weighted by Crippen LogP contribution is -2.40. The van der Waals surface area contributed by atoms with Crippen molar-refractivity contribution < 1.29 is 14.6 Å². The summed E-state index contributed by atoms with van der Waals surface area (Å²) >= 11 is 0. The van der Waals surface area contributed by atoms with Crippen molar-refractivity contribution in [3.63, 3.8) is 0 Å². The van der Waals surface area contributed by atoms with Crippen molar-refractivity contribution in [2.45, 2.75) is 33.2 Å². The Hall–Kier alpha value is -2.01. The van der Waals surface area contributed by atoms with Gasteiger partial charge in [-0.2, -0.15) is 0 Å². The average Bonchev–Trinajstić information content (AvgIpc) is 2.53. The predicted molar refractivity (Wildman–Crippen MR) is 95.1 cm³/mol. The smallest absolute Gasteiger partial charge is 0.243 e. The Labute approximate surface area is 144 Å². The molecule has 0 spiro atoms. The van der Waals surface area contributed by atoms with Crippen LogP contribution in [0.15, 0.2) is 29.8 Å². The number of phenols is 1. The van der Waals surface area contributed by atoms with E-state index in [2.05, 4.69) is 10.2 Å². The Balaban J connectivity index is 1.90. The number of allylic oxidation sites excluding steroid dienone is 1. The van der Waals surface area contributed by atoms with Crippen LogP contribution < -0.4 is 10.1 Å². The number of nitrogens with one attached hydrogen (secondary N) is 1. The van der Waals surface area contributed by atoms with E-state index in [1.807, 2.05) is 13.8 Å². The van der Waals surface area contributed by atoms with Crippen LogP contribution in [-0.2, 0) is 11.3 Å². The summed E-state index contributed by atoms with van der Waals surface area (Å²) in [5.41, 5.74) is 2.00. The van der Waals surface area contributed by atoms with E-state index >= 15 is 0 Å². The zero-order valence-electron chi connectivity index (χ0n) is 14.8. The third-order valence-electron chi connectivity index (χ3n) is 4.25. The molecule has 1 atom stereocenters. The zero-order chi connectivity index (χ0) is 17.5. The molecule has 0 bridgehead atoms. The van der Waals surface area contributed by atoms with Crippen LogP contribution in [0.1, 0.15) is 32.3 Å². The maximum Gasteiger partial charge on any atom is 0.243 e. The first kappa shape index (κ1) is 18.3. The van der Waals surface area contributed by atoms with E-state index in [4.69, 9.17) is 4.74 Å². The maximum absolute atomic E-state index is 11.7. The van der Waals surface area contributed by atoms with Gasteiger partial charge in [-0.05, 0) is 57.4 Å². The number of hydrogen-bond acceptors (Lipinski definition) is 4. The van der Waals surface area contributed by atoms with Gasteiger partial charge in [-0.25, -0.2) is 0 Å². The highest BCUT2D eigenvalue weighted by molar-refractivity contribution is 5.87. The molecule has 0 aromatic heterocycles. The van der Waals surface area contributed by atoms with E-state index in [0.29, 0.717) is 12.5 Å². The highest BCUT2D eigenvalue weighted by atomic mass is 16.5. The highest BCUT2D eigenvalue weighted by Gasteiger charge is 2.21. The van der Waals surface area contributed by atoms with E-state index < -0.39 is 0 Å². The van der Waals surface area contributed by atoms with Gasteiger partial charge in [0.25, 0.3) is 0 Å². The van der Waals surface area contributed by atoms with Crippen LogP contribution in [0.5, 0.6) is 11.5 Å². The van der Waals surface area contributed by atoms with Gasteiger partial charge in [-0.15, -0.1) is 0 Å². The molecule has 5 heteroatoms. The largest absolute Gasteiger partial charge is 0.508 e. The minimum Gasteiger partial charge on any atom is -0.508 e. The summed E-state index contributed by atoms with van der Waals surface area (Å²) in [6.45, 7) is 7.26. The van der Waals surface area contributed by atoms with E-state index in [0.717, 1.165) is 49.4 Å². The molecule has 0 aliphatic carbocycles. The van der Waals surface area contributed by atoms with Gasteiger partial charge in [0.05, 0.1) is 7.11 Å². The third kappa shape index (κ3) is 5.57. The molecule has 132 valence electrons. The van der Waals surface area contributed by atoms with E-state index in [9.17, 15) is 9.90 Å². The van der Waals surface area contributed by atoms with Gasteiger partial charge in [0.15, 0.2) is 0 Å². The van der Waals surface area contributed by atoms with Crippen molar-refractivity contribution in [1.29, 1.82) is 0 Å². The van der Waals surface area contributed by atoms with Crippen LogP contribution in [0.3, 0.4) is 0 Å². The molecule has 1 heterocycles. The average molecular weight is 332 g/mol. The van der Waals surface area contributed by atoms with Crippen molar-refractivity contribution in [3.8, 4) is 11.5 Å². The number of carbonyl (C=O) groups is 1. The van der Waals surface area contributed by atoms with Crippen molar-refractivity contribution in [1.82, 2.24) is 10.2 Å². The van der Waals surface area contributed by atoms with Gasteiger partial charge in [0.1, 0.15) is 11.5 Å². The molecule has 2 N–H and O–H groups in total. The first-order valence-corrected chi connectivity index (χ1v) is 8.49. The lowest BCUT2D eigenvalue weighted by molar-refractivity contribution is -0.116. The summed E-state index contributed by atoms with van der Waals surface area (Å²) in [6, 6.07) is 5.20. The maximum atomic E-state index is 11.7. The Morgan fingerprint density at radius 2 is 2.25 bits per heavy atom. The minimum atomic E-state index is -0.0122. The quantitative estimate of drug-likeness (QED) is 0.786. The molecule has 1 aromatic rings. The minimum absolute atomic E-state index is 0.0122. The topological polar surface area (TPSA) is 61.8 Å². The zero-order valence-corrected chi connectivity index (χ0v) is 14.8. The van der Waals surface area contributed by atoms with Crippen LogP contribution in [0.25, 0.3) is 0 Å². The van der Waals surface area contributed by atoms with Gasteiger partial charge >= 0.3 is 0 Å². The second-order valence-electron chi connectivity index (χ2n) is 6.71. The van der Waals surface area contributed by atoms with E-state index in [1.54, 1.807) is 31.4 Å². The standard InChI is InChI=1S/C19H28N2O3/c1-14(2)9-19(23)20-11-15-5-4-8-21(12-15)13-16-10-17(22)6-7-18(16)24-3/h6-7,9-10,15,22H,4-5,8,11-13H2,1-3H3,(H,20,23)/t15-/m1/s1. The number of likely N-dealkylation sites (tertiary alicyclic amines) is 1. The van der Waals surface area contributed by atoms with Crippen LogP contribution in [0.4, 0.5) is 0 Å². The lowest BCUT2D eigenvalue weighted by Gasteiger charge is -2.33. The molecule has 0 radical (unpaired) electrons. The van der Waals surface area contributed by atoms with Crippen LogP contribution in [0.2, 0.25) is 0 Å². The van der Waals surface area contributed by atoms with Gasteiger partial charge in [-0.1, -0.05) is 5.57 Å². The van der Waals surface area contributed by atoms with Crippen molar-refractivity contribution in [2.75, 3.05) is 26.7 Å². The summed E-state index contributed by atoms with van der Waals surface area (Å²) in [5, 5.41) is 12.7. The number of hydrogen-bond donors (Lipinski definition) is 2. The van der Waals surface area contributed by atoms with Crippen molar-refractivity contribution in [3.05, 3.63) is 35.4 Å². The molecule has 1 aliphatic heterocycles. The fourth-order valence-corrected chi connectivity index (χ4v) is 3.15. The molecule has 0 unspecified atom stereocenters. The summed E-state index contributed by atoms with van der Waals surface area (Å²) < 4.78 is 5.38. The number of nitrogens with zero attached hydrogens (tertiary/aromatic N) is 1. The fourth-order valence-electron chi connectivity index (χ4n) is 3.15. The lowest BCUT2D eigenvalue weighted by atomic mass is 9.97. The molecule has 1 fully saturated rings. The normalized spacial score (nSPS) is 18.0. The first-order chi connectivity index (χ1) is 11.5. The summed E-state index contributed by atoms with van der Waals surface area (Å²) in [7, 11) is 1.65. The van der Waals surface area contributed by atoms with Crippen molar-refractivity contribution in [2.24, 2.45) is 5.92 Å². The molecule has 0 saturated carbocycles. The van der Waals surface area contributed by atoms with E-state index in [1.165, 1.54) is 0 Å². The molecule has 5 nitrogen and oxygen atoms in total. The first-order valence-electron chi connectivity index (χ1n) is 8.49. The molecular formula is C19H28N2O3. The number of piperidine rings is 1. The third-order valence-corrected chi connectivity index (χ3v) is 4.25. The van der Waals surface area contributed by atoms with Crippen LogP contribution in [-0.4, -0.2) is 42.7 Å². The molecule has 1 amide bonds. The number of amides is 1. The molecule has 1 aliphatic rings. The monoisotopic (exact) mass is 332 g/mol. The molecule has 1 aromatic carbocycles. The SMILES string of the molecule is COc1ccc(O)cc1CN1CCC[C@H](CNC(=O)C=C(C)C)C1. The summed E-state index contributed by atoms with van der Waals surface area (Å²) in [6.07, 6.45) is 3.88. The number of ether oxygens (including phenoxy) is 1. The van der Waals surface area contributed by atoms with Crippen molar-refractivity contribution >= 4 is 5.91 Å². The highest BCUT2D eigenvalue weighted by Crippen LogP contribution is 2.26. The molecule has 1 saturated heterocycles. The summed E-state index contributed by atoms with van der Waals surface area (Å²) in [4.78, 5) is 14.1. The number of phenolic OH excluding ortho intramolecular Hbond substituents is 1. The molecule has 2 rings (SSSR count). The Bertz CT molecular complexity index is 594. The number of methoxy groups -OCH3 is 1. The summed E-state index contributed by atoms with van der Waals surface area (Å²) in [5.74, 6) is 1.50. The van der Waals surface area contributed by atoms with Gasteiger partial charge in [0.2, 0.25) is 5.91 Å². The van der Waals surface area contributed by atoms with Crippen LogP contribution >= 0.6 is 0 Å². The Kier molecular flexibility index (Phi) is 6.67. The Morgan fingerprint density at radius 3 is 2.96 bits per heavy atom. The van der Waals surface area contributed by atoms with Crippen LogP contribution in [0, 0.1) is 5.92 Å². The van der Waals surface area contributed by atoms with Gasteiger partial charge < -0.3 is 15.2 Å². The second kappa shape index (κ2) is 8.73. The molecule has 24 heavy (non-hydrogen) atoms. The number of rotatable bonds is 6. The van der Waals surface area contributed by atoms with E-state index in [-0.39, 0.29) is 11.7 Å². The number of aromatic hydroxyl groups is 1. The fraction of sp³-hybridized carbons (Fsp3) is 0.526. The molecular weight excluding hydrogens is 304 g/mol. The van der Waals surface area contributed by atoms with Gasteiger partial charge in [-0.3, -0.25) is 9.69 Å². The predicted octanol–water partition coefficient (Wildman–Crippen LogP) is 2.70. The number of benzene rings is 1. The second-order valence-corrected chi connectivity index (χ2v) is 6.71.